The molecule has 1 saturated heterocycles. The molecule has 0 saturated carbocycles. The molecule has 2 aliphatic rings. The van der Waals surface area contributed by atoms with Gasteiger partial charge in [-0.15, -0.1) is 0 Å². The van der Waals surface area contributed by atoms with E-state index in [1.807, 2.05) is 12.1 Å². The highest BCUT2D eigenvalue weighted by atomic mass is 35.5. The van der Waals surface area contributed by atoms with Crippen molar-refractivity contribution in [2.75, 3.05) is 11.4 Å². The summed E-state index contributed by atoms with van der Waals surface area (Å²) >= 11 is 7.87. The van der Waals surface area contributed by atoms with Crippen LogP contribution in [0.3, 0.4) is 0 Å². The van der Waals surface area contributed by atoms with Crippen LogP contribution in [0.15, 0.2) is 52.4 Å². The number of likely N-dealkylation sites (N-methyl/N-ethyl adjacent to an activating group) is 1. The molecule has 2 aromatic rings. The zero-order valence-corrected chi connectivity index (χ0v) is 19.4. The zero-order chi connectivity index (χ0) is 22.3. The summed E-state index contributed by atoms with van der Waals surface area (Å²) in [5, 5.41) is 3.80. The summed E-state index contributed by atoms with van der Waals surface area (Å²) in [5.41, 5.74) is 4.65. The van der Waals surface area contributed by atoms with E-state index in [0.717, 1.165) is 23.4 Å². The number of fused-ring (bicyclic) bond motifs is 1. The fourth-order valence-electron chi connectivity index (χ4n) is 4.06. The topological polar surface area (TPSA) is 44.7 Å². The van der Waals surface area contributed by atoms with Crippen molar-refractivity contribution in [1.29, 1.82) is 0 Å². The summed E-state index contributed by atoms with van der Waals surface area (Å²) < 4.78 is 13.1. The maximum Gasteiger partial charge on any atom is 0.264 e. The second-order valence-corrected chi connectivity index (χ2v) is 9.51. The number of benzene rings is 2. The van der Waals surface area contributed by atoms with Crippen molar-refractivity contribution in [3.63, 3.8) is 0 Å². The van der Waals surface area contributed by atoms with E-state index in [-0.39, 0.29) is 17.3 Å². The van der Waals surface area contributed by atoms with Gasteiger partial charge in [0.1, 0.15) is 5.82 Å². The minimum atomic E-state index is -0.330. The Hall–Kier alpha value is -2.57. The van der Waals surface area contributed by atoms with Gasteiger partial charge in [0, 0.05) is 22.8 Å². The van der Waals surface area contributed by atoms with Crippen LogP contribution >= 0.6 is 23.4 Å². The average Bonchev–Trinajstić information content (AvgIpc) is 3.03. The van der Waals surface area contributed by atoms with E-state index in [1.54, 1.807) is 18.2 Å². The summed E-state index contributed by atoms with van der Waals surface area (Å²) in [4.78, 5) is 19.7. The van der Waals surface area contributed by atoms with Crippen molar-refractivity contribution in [1.82, 2.24) is 5.32 Å². The first-order valence-corrected chi connectivity index (χ1v) is 11.2. The van der Waals surface area contributed by atoms with Crippen LogP contribution < -0.4 is 10.2 Å². The molecule has 1 N–H and O–H groups in total. The van der Waals surface area contributed by atoms with Gasteiger partial charge in [0.05, 0.1) is 16.1 Å². The largest absolute Gasteiger partial charge is 0.363 e. The molecule has 0 aliphatic carbocycles. The van der Waals surface area contributed by atoms with Crippen LogP contribution in [-0.2, 0) is 4.79 Å². The second-order valence-electron chi connectivity index (χ2n) is 8.07. The minimum absolute atomic E-state index is 0.0952. The number of hydrogen-bond acceptors (Lipinski definition) is 4. The SMILES string of the molecule is CCN1c2cc(Cl)c(/C=C3/SC(=Nc4ccc(F)cc4)NC3=O)cc2C(C)=CC1(C)C. The number of allylic oxidation sites excluding steroid dienone is 1. The van der Waals surface area contributed by atoms with Crippen LogP contribution in [0.4, 0.5) is 15.8 Å². The number of amidine groups is 1. The third-order valence-electron chi connectivity index (χ3n) is 5.41. The van der Waals surface area contributed by atoms with Gasteiger partial charge in [0.2, 0.25) is 0 Å². The molecule has 31 heavy (non-hydrogen) atoms. The smallest absolute Gasteiger partial charge is 0.264 e. The van der Waals surface area contributed by atoms with Crippen LogP contribution in [0.1, 0.15) is 38.8 Å². The Morgan fingerprint density at radius 2 is 1.97 bits per heavy atom. The number of rotatable bonds is 3. The molecule has 1 amide bonds. The molecule has 2 aromatic carbocycles. The minimum Gasteiger partial charge on any atom is -0.363 e. The maximum atomic E-state index is 13.1. The Kier molecular flexibility index (Phi) is 5.71. The van der Waals surface area contributed by atoms with E-state index < -0.39 is 0 Å². The molecule has 0 atom stereocenters. The third kappa shape index (κ3) is 4.27. The number of carbonyl (C=O) groups is 1. The molecular formula is C24H23ClFN3OS. The monoisotopic (exact) mass is 455 g/mol. The van der Waals surface area contributed by atoms with Gasteiger partial charge in [-0.25, -0.2) is 9.38 Å². The van der Waals surface area contributed by atoms with Gasteiger partial charge >= 0.3 is 0 Å². The fourth-order valence-corrected chi connectivity index (χ4v) is 5.10. The van der Waals surface area contributed by atoms with Crippen LogP contribution in [0.2, 0.25) is 5.02 Å². The highest BCUT2D eigenvalue weighted by Gasteiger charge is 2.31. The van der Waals surface area contributed by atoms with Crippen molar-refractivity contribution in [3.05, 3.63) is 69.3 Å². The lowest BCUT2D eigenvalue weighted by Crippen LogP contribution is -2.44. The normalized spacial score (nSPS) is 20.1. The number of aliphatic imine (C=N–C) groups is 1. The number of carbonyl (C=O) groups excluding carboxylic acids is 1. The van der Waals surface area contributed by atoms with Crippen LogP contribution in [0.5, 0.6) is 0 Å². The molecule has 0 radical (unpaired) electrons. The standard InChI is InChI=1S/C24H23ClFN3OS/c1-5-29-20-12-19(25)15(10-18(20)14(2)13-24(29,3)4)11-21-22(30)28-23(31-21)27-17-8-6-16(26)7-9-17/h6-13H,5H2,1-4H3,(H,27,28,30)/b21-11+. The maximum absolute atomic E-state index is 13.1. The van der Waals surface area contributed by atoms with Gasteiger partial charge in [-0.1, -0.05) is 17.7 Å². The van der Waals surface area contributed by atoms with Gasteiger partial charge < -0.3 is 10.2 Å². The van der Waals surface area contributed by atoms with E-state index >= 15 is 0 Å². The van der Waals surface area contributed by atoms with Gasteiger partial charge in [-0.2, -0.15) is 0 Å². The molecule has 7 heteroatoms. The summed E-state index contributed by atoms with van der Waals surface area (Å²) in [7, 11) is 0. The van der Waals surface area contributed by atoms with Crippen LogP contribution in [0.25, 0.3) is 11.6 Å². The average molecular weight is 456 g/mol. The molecule has 1 fully saturated rings. The number of hydrogen-bond donors (Lipinski definition) is 1. The quantitative estimate of drug-likeness (QED) is 0.545. The van der Waals surface area contributed by atoms with E-state index in [4.69, 9.17) is 11.6 Å². The molecular weight excluding hydrogens is 433 g/mol. The van der Waals surface area contributed by atoms with E-state index in [0.29, 0.717) is 20.8 Å². The molecule has 160 valence electrons. The van der Waals surface area contributed by atoms with Crippen molar-refractivity contribution in [2.45, 2.75) is 33.2 Å². The molecule has 4 rings (SSSR count). The van der Waals surface area contributed by atoms with Crippen molar-refractivity contribution >= 4 is 57.5 Å². The zero-order valence-electron chi connectivity index (χ0n) is 17.8. The molecule has 0 unspecified atom stereocenters. The molecule has 0 bridgehead atoms. The lowest BCUT2D eigenvalue weighted by Gasteiger charge is -2.43. The number of nitrogens with zero attached hydrogens (tertiary/aromatic N) is 2. The van der Waals surface area contributed by atoms with E-state index in [9.17, 15) is 9.18 Å². The Morgan fingerprint density at radius 1 is 1.26 bits per heavy atom. The Bertz CT molecular complexity index is 1150. The van der Waals surface area contributed by atoms with Gasteiger partial charge in [0.25, 0.3) is 5.91 Å². The molecule has 0 spiro atoms. The molecule has 2 aliphatic heterocycles. The van der Waals surface area contributed by atoms with Crippen LogP contribution in [0, 0.1) is 5.82 Å². The van der Waals surface area contributed by atoms with Gasteiger partial charge in [-0.3, -0.25) is 4.79 Å². The molecule has 4 nitrogen and oxygen atoms in total. The Morgan fingerprint density at radius 3 is 2.65 bits per heavy atom. The summed E-state index contributed by atoms with van der Waals surface area (Å²) in [6.07, 6.45) is 4.05. The summed E-state index contributed by atoms with van der Waals surface area (Å²) in [6, 6.07) is 9.82. The number of halogens is 2. The second kappa shape index (κ2) is 8.17. The predicted molar refractivity (Wildman–Crippen MR) is 129 cm³/mol. The van der Waals surface area contributed by atoms with Crippen molar-refractivity contribution in [2.24, 2.45) is 4.99 Å². The van der Waals surface area contributed by atoms with E-state index in [1.165, 1.54) is 29.5 Å². The third-order valence-corrected chi connectivity index (χ3v) is 6.64. The first kappa shape index (κ1) is 21.7. The van der Waals surface area contributed by atoms with Gasteiger partial charge in [-0.05, 0) is 93.1 Å². The highest BCUT2D eigenvalue weighted by Crippen LogP contribution is 2.42. The number of amides is 1. The Balaban J connectivity index is 1.67. The fraction of sp³-hybridized carbons (Fsp3) is 0.250. The predicted octanol–water partition coefficient (Wildman–Crippen LogP) is 6.39. The number of thioether (sulfide) groups is 1. The highest BCUT2D eigenvalue weighted by molar-refractivity contribution is 8.18. The first-order valence-electron chi connectivity index (χ1n) is 10.0. The van der Waals surface area contributed by atoms with Crippen molar-refractivity contribution in [3.8, 4) is 0 Å². The summed E-state index contributed by atoms with van der Waals surface area (Å²) in [6.45, 7) is 9.47. The lowest BCUT2D eigenvalue weighted by molar-refractivity contribution is -0.115. The number of nitrogens with one attached hydrogen (secondary N) is 1. The lowest BCUT2D eigenvalue weighted by atomic mass is 9.88. The first-order chi connectivity index (χ1) is 14.7. The van der Waals surface area contributed by atoms with E-state index in [2.05, 4.69) is 49.0 Å². The molecule has 2 heterocycles. The van der Waals surface area contributed by atoms with Crippen molar-refractivity contribution < 1.29 is 9.18 Å². The Labute approximate surface area is 190 Å². The van der Waals surface area contributed by atoms with Gasteiger partial charge in [0.15, 0.2) is 5.17 Å². The molecule has 0 aromatic heterocycles. The van der Waals surface area contributed by atoms with Crippen LogP contribution in [-0.4, -0.2) is 23.2 Å². The number of anilines is 1. The summed E-state index contributed by atoms with van der Waals surface area (Å²) in [5.74, 6) is -0.563.